The van der Waals surface area contributed by atoms with Gasteiger partial charge < -0.3 is 9.73 Å². The van der Waals surface area contributed by atoms with Gasteiger partial charge in [-0.25, -0.2) is 13.1 Å². The Hall–Kier alpha value is -2.09. The van der Waals surface area contributed by atoms with E-state index in [1.54, 1.807) is 25.1 Å². The van der Waals surface area contributed by atoms with Crippen LogP contribution >= 0.6 is 0 Å². The number of aryl methyl sites for hydroxylation is 2. The zero-order valence-electron chi connectivity index (χ0n) is 10.9. The first-order valence-corrected chi connectivity index (χ1v) is 7.73. The molecule has 0 fully saturated rings. The zero-order valence-corrected chi connectivity index (χ0v) is 11.7. The van der Waals surface area contributed by atoms with Crippen LogP contribution in [-0.2, 0) is 16.4 Å². The molecule has 7 nitrogen and oxygen atoms in total. The number of hydrogen-bond acceptors (Lipinski definition) is 6. The van der Waals surface area contributed by atoms with Crippen LogP contribution in [0.25, 0.3) is 0 Å². The van der Waals surface area contributed by atoms with Gasteiger partial charge in [-0.15, -0.1) is 5.10 Å². The van der Waals surface area contributed by atoms with E-state index in [2.05, 4.69) is 20.2 Å². The number of aromatic nitrogens is 2. The van der Waals surface area contributed by atoms with Gasteiger partial charge in [0.1, 0.15) is 0 Å². The number of sulfonamides is 1. The largest absolute Gasteiger partial charge is 0.408 e. The van der Waals surface area contributed by atoms with Crippen molar-refractivity contribution >= 4 is 21.7 Å². The van der Waals surface area contributed by atoms with Gasteiger partial charge >= 0.3 is 6.01 Å². The lowest BCUT2D eigenvalue weighted by atomic mass is 10.0. The van der Waals surface area contributed by atoms with Crippen LogP contribution in [0.4, 0.5) is 11.7 Å². The van der Waals surface area contributed by atoms with E-state index in [0.717, 1.165) is 30.6 Å². The first-order valence-electron chi connectivity index (χ1n) is 6.24. The summed E-state index contributed by atoms with van der Waals surface area (Å²) < 4.78 is 31.8. The first-order chi connectivity index (χ1) is 9.54. The summed E-state index contributed by atoms with van der Waals surface area (Å²) in [7, 11) is -3.71. The lowest BCUT2D eigenvalue weighted by Crippen LogP contribution is -2.16. The average Bonchev–Trinajstić information content (AvgIpc) is 2.83. The summed E-state index contributed by atoms with van der Waals surface area (Å²) in [6.45, 7) is 2.51. The standard InChI is InChI=1S/C12H14N4O3S/c1-8-14-15-12(19-8)16-20(17,18)10-4-5-11-9(7-10)3-2-6-13-11/h4-5,7,13H,2-3,6H2,1H3,(H,15,16). The van der Waals surface area contributed by atoms with Gasteiger partial charge in [-0.2, -0.15) is 0 Å². The Labute approximate surface area is 116 Å². The molecule has 1 aromatic heterocycles. The Morgan fingerprint density at radius 3 is 2.95 bits per heavy atom. The lowest BCUT2D eigenvalue weighted by molar-refractivity contribution is 0.534. The Kier molecular flexibility index (Phi) is 3.09. The number of benzene rings is 1. The second-order valence-electron chi connectivity index (χ2n) is 4.58. The molecule has 1 aliphatic heterocycles. The van der Waals surface area contributed by atoms with Gasteiger partial charge in [0, 0.05) is 19.2 Å². The van der Waals surface area contributed by atoms with E-state index in [9.17, 15) is 8.42 Å². The average molecular weight is 294 g/mol. The number of rotatable bonds is 3. The predicted molar refractivity (Wildman–Crippen MR) is 73.1 cm³/mol. The van der Waals surface area contributed by atoms with E-state index >= 15 is 0 Å². The van der Waals surface area contributed by atoms with Gasteiger partial charge in [-0.1, -0.05) is 5.10 Å². The van der Waals surface area contributed by atoms with E-state index in [1.807, 2.05) is 0 Å². The molecule has 0 saturated heterocycles. The van der Waals surface area contributed by atoms with E-state index in [1.165, 1.54) is 0 Å². The molecule has 0 spiro atoms. The maximum atomic E-state index is 12.2. The molecule has 0 bridgehead atoms. The Morgan fingerprint density at radius 1 is 1.35 bits per heavy atom. The quantitative estimate of drug-likeness (QED) is 0.891. The summed E-state index contributed by atoms with van der Waals surface area (Å²) in [5.74, 6) is 0.303. The molecule has 106 valence electrons. The van der Waals surface area contributed by atoms with Crippen molar-refractivity contribution in [2.75, 3.05) is 16.6 Å². The number of fused-ring (bicyclic) bond motifs is 1. The third-order valence-electron chi connectivity index (χ3n) is 3.07. The molecule has 20 heavy (non-hydrogen) atoms. The second-order valence-corrected chi connectivity index (χ2v) is 6.26. The number of nitrogens with zero attached hydrogens (tertiary/aromatic N) is 2. The molecule has 1 aromatic carbocycles. The van der Waals surface area contributed by atoms with E-state index in [0.29, 0.717) is 5.89 Å². The number of anilines is 2. The van der Waals surface area contributed by atoms with Crippen molar-refractivity contribution in [3.63, 3.8) is 0 Å². The second kappa shape index (κ2) is 4.78. The van der Waals surface area contributed by atoms with Crippen LogP contribution < -0.4 is 10.0 Å². The van der Waals surface area contributed by atoms with Crippen LogP contribution in [-0.4, -0.2) is 25.2 Å². The Balaban J connectivity index is 1.91. The van der Waals surface area contributed by atoms with Crippen LogP contribution in [0.5, 0.6) is 0 Å². The van der Waals surface area contributed by atoms with Crippen molar-refractivity contribution in [3.05, 3.63) is 29.7 Å². The molecule has 2 N–H and O–H groups in total. The summed E-state index contributed by atoms with van der Waals surface area (Å²) >= 11 is 0. The van der Waals surface area contributed by atoms with Gasteiger partial charge in [0.05, 0.1) is 4.90 Å². The summed E-state index contributed by atoms with van der Waals surface area (Å²) in [4.78, 5) is 0.191. The Morgan fingerprint density at radius 2 is 2.20 bits per heavy atom. The molecular weight excluding hydrogens is 280 g/mol. The van der Waals surface area contributed by atoms with E-state index < -0.39 is 10.0 Å². The van der Waals surface area contributed by atoms with Gasteiger partial charge in [0.2, 0.25) is 5.89 Å². The molecule has 0 unspecified atom stereocenters. The van der Waals surface area contributed by atoms with Crippen LogP contribution in [0.2, 0.25) is 0 Å². The summed E-state index contributed by atoms with van der Waals surface area (Å²) in [5, 5.41) is 10.4. The van der Waals surface area contributed by atoms with E-state index in [-0.39, 0.29) is 10.9 Å². The molecule has 0 atom stereocenters. The van der Waals surface area contributed by atoms with Crippen molar-refractivity contribution in [1.82, 2.24) is 10.2 Å². The van der Waals surface area contributed by atoms with E-state index in [4.69, 9.17) is 4.42 Å². The molecule has 0 aliphatic carbocycles. The third kappa shape index (κ3) is 2.46. The molecule has 8 heteroatoms. The minimum absolute atomic E-state index is 0.127. The van der Waals surface area contributed by atoms with Crippen molar-refractivity contribution < 1.29 is 12.8 Å². The van der Waals surface area contributed by atoms with Gasteiger partial charge in [0.25, 0.3) is 10.0 Å². The van der Waals surface area contributed by atoms with Crippen LogP contribution in [0.15, 0.2) is 27.5 Å². The monoisotopic (exact) mass is 294 g/mol. The van der Waals surface area contributed by atoms with Crippen molar-refractivity contribution in [2.45, 2.75) is 24.7 Å². The molecule has 1 aliphatic rings. The SMILES string of the molecule is Cc1nnc(NS(=O)(=O)c2ccc3c(c2)CCCN3)o1. The molecule has 0 amide bonds. The normalized spacial score (nSPS) is 14.4. The molecule has 3 rings (SSSR count). The molecular formula is C12H14N4O3S. The molecule has 0 saturated carbocycles. The van der Waals surface area contributed by atoms with Crippen molar-refractivity contribution in [1.29, 1.82) is 0 Å². The minimum Gasteiger partial charge on any atom is -0.408 e. The van der Waals surface area contributed by atoms with Crippen LogP contribution in [0, 0.1) is 6.92 Å². The summed E-state index contributed by atoms with van der Waals surface area (Å²) in [6.07, 6.45) is 1.86. The zero-order chi connectivity index (χ0) is 14.2. The number of nitrogens with one attached hydrogen (secondary N) is 2. The molecule has 2 aromatic rings. The summed E-state index contributed by atoms with van der Waals surface area (Å²) in [6, 6.07) is 4.89. The summed E-state index contributed by atoms with van der Waals surface area (Å²) in [5.41, 5.74) is 1.99. The highest BCUT2D eigenvalue weighted by Gasteiger charge is 2.19. The smallest absolute Gasteiger partial charge is 0.329 e. The molecule has 2 heterocycles. The maximum Gasteiger partial charge on any atom is 0.329 e. The van der Waals surface area contributed by atoms with Crippen molar-refractivity contribution in [2.24, 2.45) is 0 Å². The number of hydrogen-bond donors (Lipinski definition) is 2. The van der Waals surface area contributed by atoms with Gasteiger partial charge in [-0.05, 0) is 36.6 Å². The minimum atomic E-state index is -3.71. The van der Waals surface area contributed by atoms with Crippen LogP contribution in [0.3, 0.4) is 0 Å². The topological polar surface area (TPSA) is 97.1 Å². The fourth-order valence-electron chi connectivity index (χ4n) is 2.13. The van der Waals surface area contributed by atoms with Crippen LogP contribution in [0.1, 0.15) is 17.9 Å². The molecule has 0 radical (unpaired) electrons. The van der Waals surface area contributed by atoms with Gasteiger partial charge in [0.15, 0.2) is 0 Å². The highest BCUT2D eigenvalue weighted by atomic mass is 32.2. The highest BCUT2D eigenvalue weighted by molar-refractivity contribution is 7.92. The lowest BCUT2D eigenvalue weighted by Gasteiger charge is -2.18. The third-order valence-corrected chi connectivity index (χ3v) is 4.39. The predicted octanol–water partition coefficient (Wildman–Crippen LogP) is 1.54. The first kappa shape index (κ1) is 12.9. The maximum absolute atomic E-state index is 12.2. The fraction of sp³-hybridized carbons (Fsp3) is 0.333. The van der Waals surface area contributed by atoms with Gasteiger partial charge in [-0.3, -0.25) is 0 Å². The van der Waals surface area contributed by atoms with Crippen molar-refractivity contribution in [3.8, 4) is 0 Å². The Bertz CT molecular complexity index is 739. The fourth-order valence-corrected chi connectivity index (χ4v) is 3.10. The highest BCUT2D eigenvalue weighted by Crippen LogP contribution is 2.25.